The van der Waals surface area contributed by atoms with E-state index in [1.165, 1.54) is 37.1 Å². The van der Waals surface area contributed by atoms with Gasteiger partial charge in [0.25, 0.3) is 0 Å². The first-order valence-corrected chi connectivity index (χ1v) is 9.38. The van der Waals surface area contributed by atoms with E-state index in [4.69, 9.17) is 5.73 Å². The molecule has 1 aromatic carbocycles. The molecule has 1 aliphatic carbocycles. The molecule has 0 amide bonds. The van der Waals surface area contributed by atoms with Crippen molar-refractivity contribution in [3.63, 3.8) is 0 Å². The fraction of sp³-hybridized carbons (Fsp3) is 0.500. The number of anilines is 1. The van der Waals surface area contributed by atoms with Gasteiger partial charge in [0.1, 0.15) is 12.1 Å². The number of aromatic nitrogens is 2. The molecule has 5 nitrogen and oxygen atoms in total. The second-order valence-corrected chi connectivity index (χ2v) is 7.41. The van der Waals surface area contributed by atoms with Gasteiger partial charge in [0.05, 0.1) is 0 Å². The Hall–Kier alpha value is -1.40. The second kappa shape index (κ2) is 10.2. The largest absolute Gasteiger partial charge is 0.366 e. The molecule has 1 aliphatic heterocycles. The average Bonchev–Trinajstić information content (AvgIpc) is 3.11. The first kappa shape index (κ1) is 21.9. The van der Waals surface area contributed by atoms with E-state index in [9.17, 15) is 0 Å². The van der Waals surface area contributed by atoms with E-state index in [1.54, 1.807) is 6.33 Å². The van der Waals surface area contributed by atoms with Crippen LogP contribution in [0.1, 0.15) is 48.4 Å². The maximum Gasteiger partial charge on any atom is 0.129 e. The SMILES string of the molecule is Cl.Cl.NC1CC(c2cc(NCc3cccc(CN4CCCC4)c3)ncn2)C1. The summed E-state index contributed by atoms with van der Waals surface area (Å²) in [4.78, 5) is 11.3. The molecule has 148 valence electrons. The van der Waals surface area contributed by atoms with Crippen molar-refractivity contribution < 1.29 is 0 Å². The molecular weight excluding hydrogens is 381 g/mol. The minimum Gasteiger partial charge on any atom is -0.366 e. The van der Waals surface area contributed by atoms with Gasteiger partial charge in [-0.05, 0) is 49.9 Å². The third-order valence-electron chi connectivity index (χ3n) is 5.35. The molecule has 7 heteroatoms. The van der Waals surface area contributed by atoms with Crippen molar-refractivity contribution in [1.82, 2.24) is 14.9 Å². The van der Waals surface area contributed by atoms with Crippen LogP contribution in [0.3, 0.4) is 0 Å². The lowest BCUT2D eigenvalue weighted by atomic mass is 9.79. The summed E-state index contributed by atoms with van der Waals surface area (Å²) in [7, 11) is 0. The number of nitrogens with two attached hydrogens (primary N) is 1. The molecule has 2 aliphatic rings. The fourth-order valence-corrected chi connectivity index (χ4v) is 3.83. The lowest BCUT2D eigenvalue weighted by Gasteiger charge is -2.31. The van der Waals surface area contributed by atoms with Gasteiger partial charge in [0, 0.05) is 36.8 Å². The quantitative estimate of drug-likeness (QED) is 0.760. The van der Waals surface area contributed by atoms with Gasteiger partial charge in [0.15, 0.2) is 0 Å². The molecule has 2 aromatic rings. The Labute approximate surface area is 174 Å². The highest BCUT2D eigenvalue weighted by molar-refractivity contribution is 5.85. The van der Waals surface area contributed by atoms with Crippen molar-refractivity contribution in [1.29, 1.82) is 0 Å². The molecule has 1 aromatic heterocycles. The van der Waals surface area contributed by atoms with Gasteiger partial charge >= 0.3 is 0 Å². The van der Waals surface area contributed by atoms with E-state index < -0.39 is 0 Å². The van der Waals surface area contributed by atoms with E-state index in [-0.39, 0.29) is 24.8 Å². The van der Waals surface area contributed by atoms with E-state index in [2.05, 4.69) is 50.5 Å². The lowest BCUT2D eigenvalue weighted by molar-refractivity contribution is 0.331. The van der Waals surface area contributed by atoms with Crippen molar-refractivity contribution in [2.45, 2.75) is 50.7 Å². The van der Waals surface area contributed by atoms with Gasteiger partial charge in [-0.3, -0.25) is 4.90 Å². The standard InChI is InChI=1S/C20H27N5.2ClH/c21-18-9-17(10-18)19-11-20(24-14-23-19)22-12-15-4-3-5-16(8-15)13-25-6-1-2-7-25;;/h3-5,8,11,14,17-18H,1-2,6-7,9-10,12-13,21H2,(H,22,23,24);2*1H. The topological polar surface area (TPSA) is 67.1 Å². The molecule has 4 rings (SSSR count). The number of hydrogen-bond acceptors (Lipinski definition) is 5. The molecule has 2 heterocycles. The van der Waals surface area contributed by atoms with Crippen molar-refractivity contribution in [2.24, 2.45) is 5.73 Å². The summed E-state index contributed by atoms with van der Waals surface area (Å²) in [6, 6.07) is 11.3. The summed E-state index contributed by atoms with van der Waals surface area (Å²) in [6.07, 6.45) is 6.40. The van der Waals surface area contributed by atoms with E-state index >= 15 is 0 Å². The van der Waals surface area contributed by atoms with Crippen LogP contribution in [0.4, 0.5) is 5.82 Å². The van der Waals surface area contributed by atoms with Crippen LogP contribution in [0.5, 0.6) is 0 Å². The predicted octanol–water partition coefficient (Wildman–Crippen LogP) is 3.73. The van der Waals surface area contributed by atoms with Crippen LogP contribution in [-0.4, -0.2) is 34.0 Å². The third kappa shape index (κ3) is 5.79. The first-order chi connectivity index (χ1) is 12.3. The van der Waals surface area contributed by atoms with E-state index in [1.807, 2.05) is 0 Å². The van der Waals surface area contributed by atoms with Crippen LogP contribution < -0.4 is 11.1 Å². The fourth-order valence-electron chi connectivity index (χ4n) is 3.83. The summed E-state index contributed by atoms with van der Waals surface area (Å²) >= 11 is 0. The predicted molar refractivity (Wildman–Crippen MR) is 115 cm³/mol. The normalized spacial score (nSPS) is 21.7. The second-order valence-electron chi connectivity index (χ2n) is 7.41. The number of hydrogen-bond donors (Lipinski definition) is 2. The Kier molecular flexibility index (Phi) is 8.29. The highest BCUT2D eigenvalue weighted by Crippen LogP contribution is 2.34. The van der Waals surface area contributed by atoms with Gasteiger partial charge < -0.3 is 11.1 Å². The van der Waals surface area contributed by atoms with Gasteiger partial charge in [-0.2, -0.15) is 0 Å². The van der Waals surface area contributed by atoms with Crippen LogP contribution >= 0.6 is 24.8 Å². The molecule has 0 atom stereocenters. The van der Waals surface area contributed by atoms with Crippen molar-refractivity contribution in [3.8, 4) is 0 Å². The van der Waals surface area contributed by atoms with Crippen LogP contribution in [0.2, 0.25) is 0 Å². The number of benzene rings is 1. The van der Waals surface area contributed by atoms with Gasteiger partial charge in [-0.15, -0.1) is 24.8 Å². The van der Waals surface area contributed by atoms with E-state index in [0.717, 1.165) is 37.4 Å². The van der Waals surface area contributed by atoms with Gasteiger partial charge in [-0.1, -0.05) is 24.3 Å². The molecule has 1 saturated carbocycles. The summed E-state index contributed by atoms with van der Waals surface area (Å²) in [5.74, 6) is 1.40. The lowest BCUT2D eigenvalue weighted by Crippen LogP contribution is -2.35. The molecular formula is C20H29Cl2N5. The van der Waals surface area contributed by atoms with Crippen molar-refractivity contribution in [2.75, 3.05) is 18.4 Å². The van der Waals surface area contributed by atoms with Crippen LogP contribution in [0, 0.1) is 0 Å². The summed E-state index contributed by atoms with van der Waals surface area (Å²) in [5.41, 5.74) is 9.69. The molecule has 1 saturated heterocycles. The summed E-state index contributed by atoms with van der Waals surface area (Å²) in [5, 5.41) is 3.44. The number of halogens is 2. The van der Waals surface area contributed by atoms with E-state index in [0.29, 0.717) is 12.0 Å². The zero-order chi connectivity index (χ0) is 17.1. The molecule has 27 heavy (non-hydrogen) atoms. The van der Waals surface area contributed by atoms with Crippen molar-refractivity contribution >= 4 is 30.6 Å². The number of likely N-dealkylation sites (tertiary alicyclic amines) is 1. The number of nitrogens with zero attached hydrogens (tertiary/aromatic N) is 3. The summed E-state index contributed by atoms with van der Waals surface area (Å²) < 4.78 is 0. The third-order valence-corrected chi connectivity index (χ3v) is 5.35. The highest BCUT2D eigenvalue weighted by atomic mass is 35.5. The molecule has 0 spiro atoms. The Bertz CT molecular complexity index is 715. The molecule has 0 bridgehead atoms. The summed E-state index contributed by atoms with van der Waals surface area (Å²) in [6.45, 7) is 4.32. The molecule has 3 N–H and O–H groups in total. The van der Waals surface area contributed by atoms with Gasteiger partial charge in [-0.25, -0.2) is 9.97 Å². The molecule has 0 radical (unpaired) electrons. The zero-order valence-electron chi connectivity index (χ0n) is 15.5. The Morgan fingerprint density at radius 3 is 2.52 bits per heavy atom. The Morgan fingerprint density at radius 2 is 1.78 bits per heavy atom. The average molecular weight is 410 g/mol. The highest BCUT2D eigenvalue weighted by Gasteiger charge is 2.28. The van der Waals surface area contributed by atoms with Crippen molar-refractivity contribution in [3.05, 3.63) is 53.5 Å². The number of rotatable bonds is 6. The maximum absolute atomic E-state index is 5.89. The van der Waals surface area contributed by atoms with Crippen LogP contribution in [-0.2, 0) is 13.1 Å². The number of nitrogens with one attached hydrogen (secondary N) is 1. The monoisotopic (exact) mass is 409 g/mol. The minimum atomic E-state index is 0. The first-order valence-electron chi connectivity index (χ1n) is 9.38. The molecule has 2 fully saturated rings. The van der Waals surface area contributed by atoms with Crippen LogP contribution in [0.25, 0.3) is 0 Å². The minimum absolute atomic E-state index is 0. The van der Waals surface area contributed by atoms with Crippen LogP contribution in [0.15, 0.2) is 36.7 Å². The maximum atomic E-state index is 5.89. The molecule has 0 unspecified atom stereocenters. The van der Waals surface area contributed by atoms with Gasteiger partial charge in [0.2, 0.25) is 0 Å². The Balaban J connectivity index is 0.00000131. The smallest absolute Gasteiger partial charge is 0.129 e. The Morgan fingerprint density at radius 1 is 1.04 bits per heavy atom. The zero-order valence-corrected chi connectivity index (χ0v) is 17.1.